The topological polar surface area (TPSA) is 71.1 Å². The third-order valence-corrected chi connectivity index (χ3v) is 5.50. The monoisotopic (exact) mass is 403 g/mol. The molecule has 2 aliphatic heterocycles. The van der Waals surface area contributed by atoms with E-state index in [1.54, 1.807) is 0 Å². The molecular weight excluding hydrogens is 370 g/mol. The molecule has 29 heavy (non-hydrogen) atoms. The maximum absolute atomic E-state index is 12.2. The third-order valence-electron chi connectivity index (χ3n) is 5.50. The first-order valence-corrected chi connectivity index (χ1v) is 10.4. The second-order valence-corrected chi connectivity index (χ2v) is 9.17. The Bertz CT molecular complexity index is 686. The van der Waals surface area contributed by atoms with Gasteiger partial charge in [0.15, 0.2) is 0 Å². The van der Waals surface area contributed by atoms with Crippen LogP contribution in [-0.2, 0) is 16.1 Å². The van der Waals surface area contributed by atoms with Crippen LogP contribution in [0.25, 0.3) is 0 Å². The number of alkyl carbamates (subject to hydrolysis) is 1. The van der Waals surface area contributed by atoms with Crippen LogP contribution in [-0.4, -0.2) is 66.9 Å². The van der Waals surface area contributed by atoms with Crippen molar-refractivity contribution in [2.24, 2.45) is 5.41 Å². The van der Waals surface area contributed by atoms with Crippen LogP contribution < -0.4 is 5.32 Å². The molecule has 3 rings (SSSR count). The summed E-state index contributed by atoms with van der Waals surface area (Å²) in [6, 6.07) is 9.65. The molecule has 160 valence electrons. The van der Waals surface area contributed by atoms with Crippen LogP contribution in [0.1, 0.15) is 39.2 Å². The van der Waals surface area contributed by atoms with Crippen molar-refractivity contribution < 1.29 is 19.1 Å². The predicted octanol–water partition coefficient (Wildman–Crippen LogP) is 3.25. The first kappa shape index (κ1) is 21.4. The highest BCUT2D eigenvalue weighted by Gasteiger charge is 2.45. The van der Waals surface area contributed by atoms with Gasteiger partial charge in [-0.15, -0.1) is 0 Å². The number of benzene rings is 1. The zero-order chi connectivity index (χ0) is 20.9. The molecule has 1 spiro atoms. The van der Waals surface area contributed by atoms with Gasteiger partial charge in [0.25, 0.3) is 0 Å². The Balaban J connectivity index is 1.28. The summed E-state index contributed by atoms with van der Waals surface area (Å²) in [4.78, 5) is 28.2. The standard InChI is InChI=1S/C22H33N3O4/c1-21(2,3)29-20(27)25-12-9-22(10-13-25)16-24(17-22)14-11-23-19(26)28-15-18-7-5-4-6-8-18/h4-8H,9-17H2,1-3H3,(H,23,26). The lowest BCUT2D eigenvalue weighted by Crippen LogP contribution is -2.61. The van der Waals surface area contributed by atoms with Gasteiger partial charge in [-0.2, -0.15) is 0 Å². The molecule has 0 aliphatic carbocycles. The largest absolute Gasteiger partial charge is 0.445 e. The molecule has 7 nitrogen and oxygen atoms in total. The molecule has 2 fully saturated rings. The van der Waals surface area contributed by atoms with Gasteiger partial charge in [-0.3, -0.25) is 0 Å². The number of amides is 2. The molecule has 0 unspecified atom stereocenters. The lowest BCUT2D eigenvalue weighted by molar-refractivity contribution is -0.0502. The van der Waals surface area contributed by atoms with Crippen molar-refractivity contribution in [3.05, 3.63) is 35.9 Å². The minimum absolute atomic E-state index is 0.207. The minimum Gasteiger partial charge on any atom is -0.445 e. The van der Waals surface area contributed by atoms with Gasteiger partial charge < -0.3 is 24.6 Å². The first-order valence-electron chi connectivity index (χ1n) is 10.4. The summed E-state index contributed by atoms with van der Waals surface area (Å²) in [7, 11) is 0. The van der Waals surface area contributed by atoms with Crippen molar-refractivity contribution in [2.75, 3.05) is 39.3 Å². The summed E-state index contributed by atoms with van der Waals surface area (Å²) in [6.45, 7) is 10.9. The van der Waals surface area contributed by atoms with Crippen molar-refractivity contribution in [3.63, 3.8) is 0 Å². The molecule has 0 atom stereocenters. The van der Waals surface area contributed by atoms with Crippen molar-refractivity contribution in [1.29, 1.82) is 0 Å². The van der Waals surface area contributed by atoms with Crippen molar-refractivity contribution >= 4 is 12.2 Å². The molecule has 0 radical (unpaired) electrons. The van der Waals surface area contributed by atoms with Crippen LogP contribution in [0.4, 0.5) is 9.59 Å². The van der Waals surface area contributed by atoms with Crippen molar-refractivity contribution in [2.45, 2.75) is 45.8 Å². The molecule has 2 heterocycles. The van der Waals surface area contributed by atoms with E-state index in [4.69, 9.17) is 9.47 Å². The van der Waals surface area contributed by atoms with Gasteiger partial charge in [-0.25, -0.2) is 9.59 Å². The van der Waals surface area contributed by atoms with Gasteiger partial charge >= 0.3 is 12.2 Å². The number of likely N-dealkylation sites (tertiary alicyclic amines) is 2. The van der Waals surface area contributed by atoms with Crippen LogP contribution in [0.2, 0.25) is 0 Å². The lowest BCUT2D eigenvalue weighted by Gasteiger charge is -2.54. The van der Waals surface area contributed by atoms with Gasteiger partial charge in [-0.05, 0) is 44.6 Å². The number of carbonyl (C=O) groups excluding carboxylic acids is 2. The van der Waals surface area contributed by atoms with E-state index in [1.165, 1.54) is 0 Å². The fraction of sp³-hybridized carbons (Fsp3) is 0.636. The number of nitrogens with zero attached hydrogens (tertiary/aromatic N) is 2. The predicted molar refractivity (Wildman–Crippen MR) is 111 cm³/mol. The Morgan fingerprint density at radius 2 is 1.76 bits per heavy atom. The minimum atomic E-state index is -0.450. The summed E-state index contributed by atoms with van der Waals surface area (Å²) in [5.41, 5.74) is 0.839. The second kappa shape index (κ2) is 9.03. The third kappa shape index (κ3) is 6.35. The fourth-order valence-corrected chi connectivity index (χ4v) is 3.96. The quantitative estimate of drug-likeness (QED) is 0.817. The fourth-order valence-electron chi connectivity index (χ4n) is 3.96. The molecule has 2 saturated heterocycles. The van der Waals surface area contributed by atoms with Crippen molar-refractivity contribution in [1.82, 2.24) is 15.1 Å². The molecule has 0 bridgehead atoms. The van der Waals surface area contributed by atoms with Crippen LogP contribution in [0.3, 0.4) is 0 Å². The Morgan fingerprint density at radius 1 is 1.10 bits per heavy atom. The summed E-state index contributed by atoms with van der Waals surface area (Å²) in [6.07, 6.45) is 1.43. The maximum atomic E-state index is 12.2. The highest BCUT2D eigenvalue weighted by atomic mass is 16.6. The smallest absolute Gasteiger partial charge is 0.410 e. The van der Waals surface area contributed by atoms with E-state index in [0.29, 0.717) is 12.0 Å². The number of rotatable bonds is 5. The number of hydrogen-bond acceptors (Lipinski definition) is 5. The van der Waals surface area contributed by atoms with Crippen LogP contribution in [0.15, 0.2) is 30.3 Å². The SMILES string of the molecule is CC(C)(C)OC(=O)N1CCC2(CC1)CN(CCNC(=O)OCc1ccccc1)C2. The van der Waals surface area contributed by atoms with Gasteiger partial charge in [0.05, 0.1) is 0 Å². The zero-order valence-corrected chi connectivity index (χ0v) is 17.8. The zero-order valence-electron chi connectivity index (χ0n) is 17.8. The van der Waals surface area contributed by atoms with E-state index >= 15 is 0 Å². The Labute approximate surface area is 173 Å². The highest BCUT2D eigenvalue weighted by Crippen LogP contribution is 2.40. The molecule has 0 aromatic heterocycles. The van der Waals surface area contributed by atoms with E-state index in [-0.39, 0.29) is 18.8 Å². The lowest BCUT2D eigenvalue weighted by atomic mass is 9.72. The normalized spacial score (nSPS) is 18.8. The Kier molecular flexibility index (Phi) is 6.67. The van der Waals surface area contributed by atoms with Gasteiger partial charge in [-0.1, -0.05) is 30.3 Å². The average molecular weight is 404 g/mol. The average Bonchev–Trinajstić information content (AvgIpc) is 2.65. The van der Waals surface area contributed by atoms with Gasteiger partial charge in [0, 0.05) is 39.3 Å². The highest BCUT2D eigenvalue weighted by molar-refractivity contribution is 5.68. The summed E-state index contributed by atoms with van der Waals surface area (Å²) in [5, 5.41) is 2.81. The number of piperidine rings is 1. The molecular formula is C22H33N3O4. The van der Waals surface area contributed by atoms with Gasteiger partial charge in [0.2, 0.25) is 0 Å². The molecule has 1 N–H and O–H groups in total. The molecule has 2 aliphatic rings. The summed E-state index contributed by atoms with van der Waals surface area (Å²) in [5.74, 6) is 0. The second-order valence-electron chi connectivity index (χ2n) is 9.17. The number of ether oxygens (including phenoxy) is 2. The first-order chi connectivity index (χ1) is 13.7. The van der Waals surface area contributed by atoms with Crippen molar-refractivity contribution in [3.8, 4) is 0 Å². The summed E-state index contributed by atoms with van der Waals surface area (Å²) >= 11 is 0. The van der Waals surface area contributed by atoms with Crippen LogP contribution in [0.5, 0.6) is 0 Å². The molecule has 1 aromatic rings. The molecule has 1 aromatic carbocycles. The van der Waals surface area contributed by atoms with E-state index in [2.05, 4.69) is 10.2 Å². The Hall–Kier alpha value is -2.28. The van der Waals surface area contributed by atoms with Gasteiger partial charge in [0.1, 0.15) is 12.2 Å². The number of carbonyl (C=O) groups is 2. The van der Waals surface area contributed by atoms with Crippen LogP contribution >= 0.6 is 0 Å². The number of nitrogens with one attached hydrogen (secondary N) is 1. The molecule has 0 saturated carbocycles. The maximum Gasteiger partial charge on any atom is 0.410 e. The van der Waals surface area contributed by atoms with E-state index < -0.39 is 5.60 Å². The molecule has 7 heteroatoms. The summed E-state index contributed by atoms with van der Waals surface area (Å²) < 4.78 is 10.7. The van der Waals surface area contributed by atoms with E-state index in [9.17, 15) is 9.59 Å². The van der Waals surface area contributed by atoms with E-state index in [1.807, 2.05) is 56.0 Å². The van der Waals surface area contributed by atoms with E-state index in [0.717, 1.165) is 51.1 Å². The number of hydrogen-bond donors (Lipinski definition) is 1. The molecule has 2 amide bonds. The van der Waals surface area contributed by atoms with Crippen LogP contribution in [0, 0.1) is 5.41 Å². The Morgan fingerprint density at radius 3 is 2.38 bits per heavy atom.